The number of nitrogens with one attached hydrogen (secondary N) is 1. The highest BCUT2D eigenvalue weighted by Crippen LogP contribution is 2.20. The van der Waals surface area contributed by atoms with Gasteiger partial charge in [0.15, 0.2) is 0 Å². The van der Waals surface area contributed by atoms with Crippen LogP contribution in [0.4, 0.5) is 0 Å². The van der Waals surface area contributed by atoms with Crippen LogP contribution in [0.2, 0.25) is 0 Å². The molecule has 1 aromatic rings. The lowest BCUT2D eigenvalue weighted by atomic mass is 9.92. The highest BCUT2D eigenvalue weighted by Gasteiger charge is 2.34. The fourth-order valence-corrected chi connectivity index (χ4v) is 1.42. The van der Waals surface area contributed by atoms with E-state index < -0.39 is 17.6 Å². The minimum Gasteiger partial charge on any atom is -0.480 e. The van der Waals surface area contributed by atoms with Gasteiger partial charge >= 0.3 is 5.97 Å². The summed E-state index contributed by atoms with van der Waals surface area (Å²) in [6, 6.07) is 8.92. The average Bonchev–Trinajstić information content (AvgIpc) is 2.26. The van der Waals surface area contributed by atoms with Crippen molar-refractivity contribution in [3.8, 4) is 0 Å². The number of carboxylic acid groups (broad SMARTS) is 1. The van der Waals surface area contributed by atoms with Crippen LogP contribution in [-0.2, 0) is 10.3 Å². The lowest BCUT2D eigenvalue weighted by Crippen LogP contribution is -2.48. The second-order valence-corrected chi connectivity index (χ2v) is 4.03. The standard InChI is InChI=1S/C12H17NO3/c1-9(14)8-13-12(2,11(15)16)10-6-4-3-5-7-10/h3-7,9,13-14H,8H2,1-2H3,(H,15,16). The summed E-state index contributed by atoms with van der Waals surface area (Å²) in [4.78, 5) is 11.3. The molecule has 2 atom stereocenters. The van der Waals surface area contributed by atoms with Crippen molar-refractivity contribution in [3.05, 3.63) is 35.9 Å². The Hall–Kier alpha value is -1.39. The third-order valence-electron chi connectivity index (χ3n) is 2.53. The first-order valence-electron chi connectivity index (χ1n) is 5.19. The van der Waals surface area contributed by atoms with Crippen molar-refractivity contribution in [3.63, 3.8) is 0 Å². The first-order valence-corrected chi connectivity index (χ1v) is 5.19. The van der Waals surface area contributed by atoms with E-state index in [1.54, 1.807) is 38.1 Å². The molecule has 88 valence electrons. The predicted molar refractivity (Wildman–Crippen MR) is 61.1 cm³/mol. The normalized spacial score (nSPS) is 16.4. The predicted octanol–water partition coefficient (Wildman–Crippen LogP) is 0.957. The second kappa shape index (κ2) is 5.09. The number of aliphatic carboxylic acids is 1. The molecule has 0 radical (unpaired) electrons. The smallest absolute Gasteiger partial charge is 0.328 e. The number of aliphatic hydroxyl groups is 1. The zero-order chi connectivity index (χ0) is 12.2. The molecule has 16 heavy (non-hydrogen) atoms. The Morgan fingerprint density at radius 3 is 2.44 bits per heavy atom. The quantitative estimate of drug-likeness (QED) is 0.695. The summed E-state index contributed by atoms with van der Waals surface area (Å²) in [5.41, 5.74) is -0.499. The molecule has 4 nitrogen and oxygen atoms in total. The van der Waals surface area contributed by atoms with E-state index in [0.29, 0.717) is 5.56 Å². The molecule has 0 aromatic heterocycles. The fraction of sp³-hybridized carbons (Fsp3) is 0.417. The van der Waals surface area contributed by atoms with E-state index >= 15 is 0 Å². The summed E-state index contributed by atoms with van der Waals surface area (Å²) in [5.74, 6) is -0.959. The van der Waals surface area contributed by atoms with Crippen LogP contribution < -0.4 is 5.32 Å². The van der Waals surface area contributed by atoms with Gasteiger partial charge in [0.05, 0.1) is 6.10 Å². The summed E-state index contributed by atoms with van der Waals surface area (Å²) in [6.07, 6.45) is -0.581. The summed E-state index contributed by atoms with van der Waals surface area (Å²) in [7, 11) is 0. The molecule has 3 N–H and O–H groups in total. The van der Waals surface area contributed by atoms with Crippen LogP contribution in [0.15, 0.2) is 30.3 Å². The number of carboxylic acids is 1. The maximum Gasteiger partial charge on any atom is 0.328 e. The summed E-state index contributed by atoms with van der Waals surface area (Å²) < 4.78 is 0. The highest BCUT2D eigenvalue weighted by atomic mass is 16.4. The lowest BCUT2D eigenvalue weighted by Gasteiger charge is -2.27. The van der Waals surface area contributed by atoms with Gasteiger partial charge in [-0.15, -0.1) is 0 Å². The molecule has 2 unspecified atom stereocenters. The maximum atomic E-state index is 11.3. The number of rotatable bonds is 5. The fourth-order valence-electron chi connectivity index (χ4n) is 1.42. The van der Waals surface area contributed by atoms with Gasteiger partial charge in [0.2, 0.25) is 0 Å². The molecule has 1 aromatic carbocycles. The van der Waals surface area contributed by atoms with Crippen LogP contribution in [0, 0.1) is 0 Å². The van der Waals surface area contributed by atoms with Crippen molar-refractivity contribution in [2.75, 3.05) is 6.54 Å². The molecule has 0 aliphatic heterocycles. The Balaban J connectivity index is 2.93. The first-order chi connectivity index (χ1) is 7.47. The van der Waals surface area contributed by atoms with Gasteiger partial charge in [-0.25, -0.2) is 4.79 Å². The van der Waals surface area contributed by atoms with Crippen molar-refractivity contribution in [2.45, 2.75) is 25.5 Å². The SMILES string of the molecule is CC(O)CNC(C)(C(=O)O)c1ccccc1. The van der Waals surface area contributed by atoms with E-state index in [9.17, 15) is 15.0 Å². The largest absolute Gasteiger partial charge is 0.480 e. The molecule has 0 aliphatic carbocycles. The Kier molecular flexibility index (Phi) is 4.04. The number of benzene rings is 1. The van der Waals surface area contributed by atoms with E-state index in [1.807, 2.05) is 6.07 Å². The van der Waals surface area contributed by atoms with Gasteiger partial charge in [0.25, 0.3) is 0 Å². The molecular weight excluding hydrogens is 206 g/mol. The number of carbonyl (C=O) groups is 1. The molecular formula is C12H17NO3. The minimum atomic E-state index is -1.17. The van der Waals surface area contributed by atoms with Gasteiger partial charge in [-0.1, -0.05) is 30.3 Å². The van der Waals surface area contributed by atoms with E-state index in [1.165, 1.54) is 0 Å². The first kappa shape index (κ1) is 12.7. The van der Waals surface area contributed by atoms with E-state index in [0.717, 1.165) is 0 Å². The Morgan fingerprint density at radius 2 is 2.00 bits per heavy atom. The molecule has 0 spiro atoms. The van der Waals surface area contributed by atoms with Crippen molar-refractivity contribution in [1.29, 1.82) is 0 Å². The Bertz CT molecular complexity index is 351. The number of aliphatic hydroxyl groups excluding tert-OH is 1. The lowest BCUT2D eigenvalue weighted by molar-refractivity contribution is -0.144. The van der Waals surface area contributed by atoms with E-state index in [2.05, 4.69) is 5.32 Å². The summed E-state index contributed by atoms with van der Waals surface area (Å²) in [6.45, 7) is 3.44. The molecule has 0 bridgehead atoms. The molecule has 0 saturated heterocycles. The van der Waals surface area contributed by atoms with Crippen molar-refractivity contribution < 1.29 is 15.0 Å². The van der Waals surface area contributed by atoms with Gasteiger partial charge in [-0.2, -0.15) is 0 Å². The topological polar surface area (TPSA) is 69.6 Å². The molecule has 0 heterocycles. The molecule has 0 saturated carbocycles. The zero-order valence-electron chi connectivity index (χ0n) is 9.47. The summed E-state index contributed by atoms with van der Waals surface area (Å²) >= 11 is 0. The van der Waals surface area contributed by atoms with Crippen LogP contribution in [0.25, 0.3) is 0 Å². The third-order valence-corrected chi connectivity index (χ3v) is 2.53. The Labute approximate surface area is 94.9 Å². The van der Waals surface area contributed by atoms with Crippen LogP contribution in [-0.4, -0.2) is 28.8 Å². The summed E-state index contributed by atoms with van der Waals surface area (Å²) in [5, 5.41) is 21.3. The molecule has 0 fully saturated rings. The van der Waals surface area contributed by atoms with Crippen molar-refractivity contribution in [1.82, 2.24) is 5.32 Å². The van der Waals surface area contributed by atoms with Gasteiger partial charge in [0, 0.05) is 6.54 Å². The third kappa shape index (κ3) is 2.81. The second-order valence-electron chi connectivity index (χ2n) is 4.03. The number of hydrogen-bond donors (Lipinski definition) is 3. The zero-order valence-corrected chi connectivity index (χ0v) is 9.47. The van der Waals surface area contributed by atoms with Crippen LogP contribution in [0.1, 0.15) is 19.4 Å². The van der Waals surface area contributed by atoms with Crippen molar-refractivity contribution in [2.24, 2.45) is 0 Å². The van der Waals surface area contributed by atoms with Crippen molar-refractivity contribution >= 4 is 5.97 Å². The minimum absolute atomic E-state index is 0.234. The number of hydrogen-bond acceptors (Lipinski definition) is 3. The van der Waals surface area contributed by atoms with E-state index in [4.69, 9.17) is 0 Å². The molecule has 4 heteroatoms. The van der Waals surface area contributed by atoms with Gasteiger partial charge in [0.1, 0.15) is 5.54 Å². The monoisotopic (exact) mass is 223 g/mol. The van der Waals surface area contributed by atoms with Crippen LogP contribution >= 0.6 is 0 Å². The van der Waals surface area contributed by atoms with Gasteiger partial charge in [-0.3, -0.25) is 5.32 Å². The van der Waals surface area contributed by atoms with Crippen LogP contribution in [0.3, 0.4) is 0 Å². The van der Waals surface area contributed by atoms with E-state index in [-0.39, 0.29) is 6.54 Å². The molecule has 0 aliphatic rings. The molecule has 1 rings (SSSR count). The van der Waals surface area contributed by atoms with Crippen LogP contribution in [0.5, 0.6) is 0 Å². The highest BCUT2D eigenvalue weighted by molar-refractivity contribution is 5.80. The Morgan fingerprint density at radius 1 is 1.44 bits per heavy atom. The molecule has 0 amide bonds. The van der Waals surface area contributed by atoms with Gasteiger partial charge in [-0.05, 0) is 19.4 Å². The average molecular weight is 223 g/mol. The van der Waals surface area contributed by atoms with Gasteiger partial charge < -0.3 is 10.2 Å². The maximum absolute atomic E-state index is 11.3.